The summed E-state index contributed by atoms with van der Waals surface area (Å²) in [6.45, 7) is 2.11. The van der Waals surface area contributed by atoms with Crippen molar-refractivity contribution in [2.45, 2.75) is 31.9 Å². The van der Waals surface area contributed by atoms with Crippen LogP contribution in [0.5, 0.6) is 0 Å². The van der Waals surface area contributed by atoms with Crippen molar-refractivity contribution in [2.24, 2.45) is 5.92 Å². The maximum absolute atomic E-state index is 11.1. The zero-order valence-electron chi connectivity index (χ0n) is 15.3. The van der Waals surface area contributed by atoms with Crippen molar-refractivity contribution in [3.05, 3.63) is 71.1 Å². The van der Waals surface area contributed by atoms with Gasteiger partial charge in [0.25, 0.3) is 0 Å². The first-order valence-electron chi connectivity index (χ1n) is 9.03. The summed E-state index contributed by atoms with van der Waals surface area (Å²) in [5, 5.41) is 20.9. The van der Waals surface area contributed by atoms with Crippen LogP contribution >= 0.6 is 0 Å². The quantitative estimate of drug-likeness (QED) is 0.538. The van der Waals surface area contributed by atoms with E-state index in [4.69, 9.17) is 9.63 Å². The van der Waals surface area contributed by atoms with E-state index in [1.165, 1.54) is 0 Å². The maximum atomic E-state index is 11.1. The average molecular weight is 378 g/mol. The van der Waals surface area contributed by atoms with Crippen LogP contribution in [-0.4, -0.2) is 30.9 Å². The van der Waals surface area contributed by atoms with Crippen LogP contribution in [0.2, 0.25) is 0 Å². The number of aliphatic hydroxyl groups is 1. The van der Waals surface area contributed by atoms with E-state index in [1.807, 2.05) is 28.8 Å². The van der Waals surface area contributed by atoms with Crippen LogP contribution in [0.15, 0.2) is 47.2 Å². The fourth-order valence-corrected chi connectivity index (χ4v) is 3.24. The minimum Gasteiger partial charge on any atom is -0.565 e. The molecule has 2 aromatic heterocycles. The SMILES string of the molecule is C[C@H](O)c1nccn1Cc1cc(C#Cc2ccc(C3CC3C(=O)[OH2+])cc2)on1. The Kier molecular flexibility index (Phi) is 4.72. The highest BCUT2D eigenvalue weighted by atomic mass is 16.5. The predicted molar refractivity (Wildman–Crippen MR) is 100 cm³/mol. The zero-order chi connectivity index (χ0) is 19.7. The van der Waals surface area contributed by atoms with E-state index >= 15 is 0 Å². The molecule has 7 heteroatoms. The normalized spacial score (nSPS) is 18.9. The number of hydrogen-bond donors (Lipinski definition) is 1. The van der Waals surface area contributed by atoms with Gasteiger partial charge in [-0.1, -0.05) is 23.2 Å². The van der Waals surface area contributed by atoms with Crippen LogP contribution in [0.1, 0.15) is 53.8 Å². The minimum absolute atomic E-state index is 0.144. The van der Waals surface area contributed by atoms with Gasteiger partial charge in [0, 0.05) is 34.7 Å². The third-order valence-electron chi connectivity index (χ3n) is 4.81. The Hall–Kier alpha value is -3.37. The fourth-order valence-electron chi connectivity index (χ4n) is 3.24. The van der Waals surface area contributed by atoms with Crippen molar-refractivity contribution < 1.29 is 19.5 Å². The van der Waals surface area contributed by atoms with Crippen molar-refractivity contribution >= 4 is 5.97 Å². The maximum Gasteiger partial charge on any atom is 0.519 e. The number of nitrogens with zero attached hydrogens (tertiary/aromatic N) is 3. The summed E-state index contributed by atoms with van der Waals surface area (Å²) in [5.41, 5.74) is 2.61. The summed E-state index contributed by atoms with van der Waals surface area (Å²) in [6, 6.07) is 9.50. The molecule has 0 aliphatic heterocycles. The highest BCUT2D eigenvalue weighted by Crippen LogP contribution is 2.47. The van der Waals surface area contributed by atoms with Gasteiger partial charge in [0.05, 0.1) is 6.54 Å². The van der Waals surface area contributed by atoms with E-state index in [-0.39, 0.29) is 11.8 Å². The van der Waals surface area contributed by atoms with E-state index in [0.29, 0.717) is 23.8 Å². The fraction of sp³-hybridized carbons (Fsp3) is 0.286. The molecule has 2 heterocycles. The second kappa shape index (κ2) is 7.33. The number of carbonyl (C=O) groups excluding carboxylic acids is 1. The highest BCUT2D eigenvalue weighted by molar-refractivity contribution is 5.75. The molecule has 1 saturated carbocycles. The Morgan fingerprint density at radius 3 is 2.86 bits per heavy atom. The molecule has 1 aromatic carbocycles. The van der Waals surface area contributed by atoms with Crippen molar-refractivity contribution in [2.75, 3.05) is 0 Å². The van der Waals surface area contributed by atoms with Gasteiger partial charge in [0.1, 0.15) is 23.5 Å². The van der Waals surface area contributed by atoms with Gasteiger partial charge in [-0.05, 0) is 37.0 Å². The molecule has 28 heavy (non-hydrogen) atoms. The van der Waals surface area contributed by atoms with E-state index < -0.39 is 12.1 Å². The third-order valence-corrected chi connectivity index (χ3v) is 4.81. The van der Waals surface area contributed by atoms with Crippen molar-refractivity contribution in [1.29, 1.82) is 0 Å². The van der Waals surface area contributed by atoms with Crippen LogP contribution in [0, 0.1) is 17.8 Å². The standard InChI is InChI=1S/C21H19N3O4/c1-13(25)20-22-8-9-24(20)12-16-10-17(28-23-16)7-4-14-2-5-15(6-3-14)18-11-19(18)21(26)27/h2-3,5-6,8-10,13,18-19,25H,11-12H2,1H3,(H,26,27)/p+1/t13-,18?,19?/m0/s1. The van der Waals surface area contributed by atoms with E-state index in [0.717, 1.165) is 17.5 Å². The van der Waals surface area contributed by atoms with Crippen molar-refractivity contribution in [3.63, 3.8) is 0 Å². The molecule has 2 unspecified atom stereocenters. The summed E-state index contributed by atoms with van der Waals surface area (Å²) in [7, 11) is 0. The Bertz CT molecular complexity index is 1050. The summed E-state index contributed by atoms with van der Waals surface area (Å²) in [6.07, 6.45) is 3.52. The van der Waals surface area contributed by atoms with Crippen LogP contribution in [0.3, 0.4) is 0 Å². The lowest BCUT2D eigenvalue weighted by Crippen LogP contribution is -2.07. The monoisotopic (exact) mass is 378 g/mol. The lowest BCUT2D eigenvalue weighted by Gasteiger charge is -2.07. The second-order valence-corrected chi connectivity index (χ2v) is 6.96. The summed E-state index contributed by atoms with van der Waals surface area (Å²) in [4.78, 5) is 15.2. The summed E-state index contributed by atoms with van der Waals surface area (Å²) >= 11 is 0. The molecule has 0 radical (unpaired) electrons. The van der Waals surface area contributed by atoms with Crippen molar-refractivity contribution in [3.8, 4) is 11.8 Å². The average Bonchev–Trinajstić information content (AvgIpc) is 3.13. The number of rotatable bonds is 5. The number of imidazole rings is 1. The number of aliphatic hydroxyl groups excluding tert-OH is 1. The minimum atomic E-state index is -0.658. The Labute approximate surface area is 161 Å². The smallest absolute Gasteiger partial charge is 0.519 e. The molecule has 7 nitrogen and oxygen atoms in total. The Morgan fingerprint density at radius 1 is 1.39 bits per heavy atom. The molecular weight excluding hydrogens is 358 g/mol. The molecule has 0 bridgehead atoms. The molecule has 3 atom stereocenters. The number of aromatic nitrogens is 3. The van der Waals surface area contributed by atoms with Gasteiger partial charge in [-0.3, -0.25) is 0 Å². The van der Waals surface area contributed by atoms with Crippen molar-refractivity contribution in [1.82, 2.24) is 14.7 Å². The molecular formula is C21H20N3O4+. The first-order chi connectivity index (χ1) is 13.5. The number of carbonyl (C=O) groups is 1. The summed E-state index contributed by atoms with van der Waals surface area (Å²) < 4.78 is 7.08. The molecule has 3 aromatic rings. The van der Waals surface area contributed by atoms with E-state index in [2.05, 4.69) is 22.0 Å². The predicted octanol–water partition coefficient (Wildman–Crippen LogP) is 1.73. The molecule has 0 amide bonds. The first kappa shape index (κ1) is 18.0. The van der Waals surface area contributed by atoms with Gasteiger partial charge in [-0.25, -0.2) is 4.98 Å². The van der Waals surface area contributed by atoms with E-state index in [9.17, 15) is 9.90 Å². The largest absolute Gasteiger partial charge is 0.565 e. The van der Waals surface area contributed by atoms with E-state index in [1.54, 1.807) is 25.4 Å². The van der Waals surface area contributed by atoms with Gasteiger partial charge in [0.15, 0.2) is 0 Å². The van der Waals surface area contributed by atoms with Gasteiger partial charge in [0.2, 0.25) is 5.76 Å². The molecule has 1 aliphatic carbocycles. The zero-order valence-corrected chi connectivity index (χ0v) is 15.3. The molecule has 1 fully saturated rings. The van der Waals surface area contributed by atoms with Gasteiger partial charge in [-0.15, -0.1) is 0 Å². The molecule has 3 N–H and O–H groups in total. The number of hydrogen-bond acceptors (Lipinski definition) is 5. The Morgan fingerprint density at radius 2 is 2.18 bits per heavy atom. The summed E-state index contributed by atoms with van der Waals surface area (Å²) in [5.74, 6) is 6.57. The van der Waals surface area contributed by atoms with Crippen LogP contribution in [0.25, 0.3) is 0 Å². The lowest BCUT2D eigenvalue weighted by molar-refractivity contribution is -0.138. The molecule has 1 aliphatic rings. The molecule has 142 valence electrons. The third kappa shape index (κ3) is 3.82. The number of benzene rings is 1. The molecule has 0 saturated heterocycles. The van der Waals surface area contributed by atoms with Gasteiger partial charge < -0.3 is 19.3 Å². The van der Waals surface area contributed by atoms with Crippen LogP contribution in [0.4, 0.5) is 0 Å². The second-order valence-electron chi connectivity index (χ2n) is 6.96. The van der Waals surface area contributed by atoms with Crippen LogP contribution in [-0.2, 0) is 11.3 Å². The van der Waals surface area contributed by atoms with Gasteiger partial charge in [-0.2, -0.15) is 0 Å². The topological polar surface area (TPSA) is 104 Å². The van der Waals surface area contributed by atoms with Crippen LogP contribution < -0.4 is 0 Å². The lowest BCUT2D eigenvalue weighted by atomic mass is 10.1. The first-order valence-corrected chi connectivity index (χ1v) is 9.03. The highest BCUT2D eigenvalue weighted by Gasteiger charge is 2.48. The molecule has 4 rings (SSSR count). The van der Waals surface area contributed by atoms with Gasteiger partial charge >= 0.3 is 5.97 Å². The Balaban J connectivity index is 1.41. The molecule has 0 spiro atoms.